The highest BCUT2D eigenvalue weighted by atomic mass is 19.1. The van der Waals surface area contributed by atoms with E-state index in [2.05, 4.69) is 16.0 Å². The number of carbonyl (C=O) groups is 2. The summed E-state index contributed by atoms with van der Waals surface area (Å²) >= 11 is 0. The topological polar surface area (TPSA) is 93.5 Å². The highest BCUT2D eigenvalue weighted by Crippen LogP contribution is 2.14. The van der Waals surface area contributed by atoms with E-state index >= 15 is 0 Å². The second-order valence-corrected chi connectivity index (χ2v) is 5.14. The minimum Gasteiger partial charge on any atom is -0.484 e. The van der Waals surface area contributed by atoms with Gasteiger partial charge in [-0.1, -0.05) is 5.16 Å². The number of aryl methyl sites for hydroxylation is 2. The fourth-order valence-corrected chi connectivity index (χ4v) is 2.02. The molecule has 128 valence electrons. The third-order valence-corrected chi connectivity index (χ3v) is 3.31. The van der Waals surface area contributed by atoms with E-state index in [9.17, 15) is 14.0 Å². The number of nitrogens with zero attached hydrogens (tertiary/aromatic N) is 1. The first-order chi connectivity index (χ1) is 11.5. The van der Waals surface area contributed by atoms with Gasteiger partial charge in [0.05, 0.1) is 5.69 Å². The fourth-order valence-electron chi connectivity index (χ4n) is 2.02. The summed E-state index contributed by atoms with van der Waals surface area (Å²) in [6.45, 7) is 3.29. The van der Waals surface area contributed by atoms with E-state index in [1.54, 1.807) is 13.8 Å². The number of ether oxygens (including phenoxy) is 1. The van der Waals surface area contributed by atoms with Crippen LogP contribution in [0.5, 0.6) is 5.75 Å². The summed E-state index contributed by atoms with van der Waals surface area (Å²) in [7, 11) is 0. The van der Waals surface area contributed by atoms with Crippen molar-refractivity contribution in [3.63, 3.8) is 0 Å². The normalized spacial score (nSPS) is 10.3. The van der Waals surface area contributed by atoms with E-state index in [1.807, 2.05) is 0 Å². The molecular formula is C16H18FN3O4. The van der Waals surface area contributed by atoms with Gasteiger partial charge in [-0.2, -0.15) is 0 Å². The van der Waals surface area contributed by atoms with E-state index in [4.69, 9.17) is 9.26 Å². The maximum absolute atomic E-state index is 12.7. The minimum atomic E-state index is -0.523. The van der Waals surface area contributed by atoms with Crippen LogP contribution in [0.25, 0.3) is 0 Å². The van der Waals surface area contributed by atoms with Crippen LogP contribution in [0.3, 0.4) is 0 Å². The zero-order valence-electron chi connectivity index (χ0n) is 13.4. The molecule has 0 aliphatic heterocycles. The molecule has 1 heterocycles. The Hall–Kier alpha value is -2.90. The first kappa shape index (κ1) is 17.5. The van der Waals surface area contributed by atoms with Crippen molar-refractivity contribution in [2.24, 2.45) is 0 Å². The number of nitrogens with one attached hydrogen (secondary N) is 2. The summed E-state index contributed by atoms with van der Waals surface area (Å²) in [5, 5.41) is 3.81. The lowest BCUT2D eigenvalue weighted by Crippen LogP contribution is -2.43. The van der Waals surface area contributed by atoms with Gasteiger partial charge in [-0.25, -0.2) is 4.39 Å². The lowest BCUT2D eigenvalue weighted by Gasteiger charge is -2.08. The fraction of sp³-hybridized carbons (Fsp3) is 0.312. The molecule has 0 aliphatic carbocycles. The van der Waals surface area contributed by atoms with Crippen LogP contribution in [0.4, 0.5) is 4.39 Å². The quantitative estimate of drug-likeness (QED) is 0.782. The number of hydrogen-bond acceptors (Lipinski definition) is 5. The Morgan fingerprint density at radius 1 is 1.17 bits per heavy atom. The molecule has 7 nitrogen and oxygen atoms in total. The Kier molecular flexibility index (Phi) is 5.89. The molecule has 1 aromatic heterocycles. The lowest BCUT2D eigenvalue weighted by molar-refractivity contribution is -0.130. The van der Waals surface area contributed by atoms with E-state index in [0.29, 0.717) is 17.9 Å². The van der Waals surface area contributed by atoms with Crippen LogP contribution >= 0.6 is 0 Å². The maximum Gasteiger partial charge on any atom is 0.276 e. The van der Waals surface area contributed by atoms with Crippen LogP contribution in [0.2, 0.25) is 0 Å². The van der Waals surface area contributed by atoms with Gasteiger partial charge in [-0.3, -0.25) is 20.4 Å². The predicted molar refractivity (Wildman–Crippen MR) is 82.5 cm³/mol. The zero-order valence-corrected chi connectivity index (χ0v) is 13.4. The second-order valence-electron chi connectivity index (χ2n) is 5.14. The van der Waals surface area contributed by atoms with Crippen molar-refractivity contribution < 1.29 is 23.2 Å². The number of aromatic nitrogens is 1. The number of carbonyl (C=O) groups excluding carboxylic acids is 2. The zero-order chi connectivity index (χ0) is 17.5. The molecule has 0 aliphatic rings. The van der Waals surface area contributed by atoms with Crippen LogP contribution in [0.15, 0.2) is 28.8 Å². The van der Waals surface area contributed by atoms with Gasteiger partial charge >= 0.3 is 0 Å². The first-order valence-corrected chi connectivity index (χ1v) is 7.33. The monoisotopic (exact) mass is 335 g/mol. The summed E-state index contributed by atoms with van der Waals surface area (Å²) in [6, 6.07) is 5.27. The molecule has 2 rings (SSSR count). The average Bonchev–Trinajstić information content (AvgIpc) is 2.89. The van der Waals surface area contributed by atoms with Gasteiger partial charge in [-0.05, 0) is 44.5 Å². The predicted octanol–water partition coefficient (Wildman–Crippen LogP) is 1.59. The van der Waals surface area contributed by atoms with Gasteiger partial charge in [0.25, 0.3) is 5.91 Å². The summed E-state index contributed by atoms with van der Waals surface area (Å²) in [5.41, 5.74) is 6.18. The average molecular weight is 335 g/mol. The Bertz CT molecular complexity index is 693. The molecule has 0 radical (unpaired) electrons. The third kappa shape index (κ3) is 5.08. The van der Waals surface area contributed by atoms with Crippen molar-refractivity contribution in [2.45, 2.75) is 26.7 Å². The molecule has 0 unspecified atom stereocenters. The van der Waals surface area contributed by atoms with Crippen LogP contribution in [-0.2, 0) is 16.0 Å². The third-order valence-electron chi connectivity index (χ3n) is 3.31. The number of amides is 2. The molecule has 2 N–H and O–H groups in total. The molecule has 0 atom stereocenters. The maximum atomic E-state index is 12.7. The molecule has 0 saturated heterocycles. The van der Waals surface area contributed by atoms with E-state index in [1.165, 1.54) is 24.3 Å². The van der Waals surface area contributed by atoms with Crippen molar-refractivity contribution in [2.75, 3.05) is 6.61 Å². The second kappa shape index (κ2) is 8.09. The molecular weight excluding hydrogens is 317 g/mol. The highest BCUT2D eigenvalue weighted by molar-refractivity contribution is 5.82. The summed E-state index contributed by atoms with van der Waals surface area (Å²) < 4.78 is 22.9. The van der Waals surface area contributed by atoms with Crippen molar-refractivity contribution in [1.29, 1.82) is 0 Å². The molecule has 0 saturated carbocycles. The lowest BCUT2D eigenvalue weighted by atomic mass is 10.1. The van der Waals surface area contributed by atoms with Gasteiger partial charge < -0.3 is 9.26 Å². The van der Waals surface area contributed by atoms with Gasteiger partial charge in [0.1, 0.15) is 17.3 Å². The number of hydrogen-bond donors (Lipinski definition) is 2. The van der Waals surface area contributed by atoms with E-state index in [0.717, 1.165) is 11.3 Å². The Balaban J connectivity index is 1.67. The molecule has 0 spiro atoms. The number of rotatable bonds is 6. The van der Waals surface area contributed by atoms with Crippen LogP contribution in [-0.4, -0.2) is 23.6 Å². The minimum absolute atomic E-state index is 0.183. The standard InChI is InChI=1S/C16H18FN3O4/c1-10-14(11(2)24-20-10)7-8-15(21)18-19-16(22)9-23-13-5-3-12(17)4-6-13/h3-6H,7-9H2,1-2H3,(H,18,21)(H,19,22). The highest BCUT2D eigenvalue weighted by Gasteiger charge is 2.11. The summed E-state index contributed by atoms with van der Waals surface area (Å²) in [4.78, 5) is 23.3. The van der Waals surface area contributed by atoms with Gasteiger partial charge in [-0.15, -0.1) is 0 Å². The molecule has 1 aromatic carbocycles. The van der Waals surface area contributed by atoms with Crippen molar-refractivity contribution in [3.05, 3.63) is 47.1 Å². The Labute approximate surface area is 138 Å². The van der Waals surface area contributed by atoms with Gasteiger partial charge in [0, 0.05) is 12.0 Å². The van der Waals surface area contributed by atoms with Crippen LogP contribution in [0.1, 0.15) is 23.4 Å². The van der Waals surface area contributed by atoms with Crippen molar-refractivity contribution in [3.8, 4) is 5.75 Å². The van der Waals surface area contributed by atoms with E-state index < -0.39 is 11.7 Å². The Morgan fingerprint density at radius 3 is 2.46 bits per heavy atom. The van der Waals surface area contributed by atoms with Crippen LogP contribution < -0.4 is 15.6 Å². The van der Waals surface area contributed by atoms with Crippen molar-refractivity contribution >= 4 is 11.8 Å². The van der Waals surface area contributed by atoms with Gasteiger partial charge in [0.15, 0.2) is 6.61 Å². The SMILES string of the molecule is Cc1noc(C)c1CCC(=O)NNC(=O)COc1ccc(F)cc1. The molecule has 8 heteroatoms. The number of hydrazine groups is 1. The van der Waals surface area contributed by atoms with Crippen LogP contribution in [0, 0.1) is 19.7 Å². The largest absolute Gasteiger partial charge is 0.484 e. The molecule has 0 bridgehead atoms. The van der Waals surface area contributed by atoms with Crippen molar-refractivity contribution in [1.82, 2.24) is 16.0 Å². The molecule has 2 aromatic rings. The molecule has 0 fully saturated rings. The van der Waals surface area contributed by atoms with E-state index in [-0.39, 0.29) is 18.9 Å². The van der Waals surface area contributed by atoms with Gasteiger partial charge in [0.2, 0.25) is 5.91 Å². The molecule has 2 amide bonds. The Morgan fingerprint density at radius 2 is 1.83 bits per heavy atom. The first-order valence-electron chi connectivity index (χ1n) is 7.33. The number of halogens is 1. The number of benzene rings is 1. The summed E-state index contributed by atoms with van der Waals surface area (Å²) in [6.07, 6.45) is 0.650. The molecule has 24 heavy (non-hydrogen) atoms. The smallest absolute Gasteiger partial charge is 0.276 e. The summed E-state index contributed by atoms with van der Waals surface area (Å²) in [5.74, 6) is -0.221.